The fraction of sp³-hybridized carbons (Fsp3) is 0.458. The minimum Gasteiger partial charge on any atom is -0.476 e. The average Bonchev–Trinajstić information content (AvgIpc) is 3.46. The molecule has 2 aromatic heterocycles. The van der Waals surface area contributed by atoms with Gasteiger partial charge in [0.25, 0.3) is 0 Å². The Kier molecular flexibility index (Phi) is 8.57. The number of aromatic nitrogens is 4. The number of rotatable bonds is 11. The van der Waals surface area contributed by atoms with Gasteiger partial charge in [-0.2, -0.15) is 20.3 Å². The van der Waals surface area contributed by atoms with Crippen molar-refractivity contribution in [3.63, 3.8) is 0 Å². The summed E-state index contributed by atoms with van der Waals surface area (Å²) >= 11 is 0. The molecule has 1 aliphatic rings. The number of nitriles is 1. The maximum Gasteiger partial charge on any atom is 0.459 e. The van der Waals surface area contributed by atoms with Crippen molar-refractivity contribution in [3.8, 4) is 17.7 Å². The molecule has 0 saturated carbocycles. The zero-order valence-electron chi connectivity index (χ0n) is 22.3. The van der Waals surface area contributed by atoms with Crippen LogP contribution in [0.15, 0.2) is 36.7 Å². The van der Waals surface area contributed by atoms with E-state index in [0.717, 1.165) is 0 Å². The lowest BCUT2D eigenvalue weighted by Crippen LogP contribution is -2.38. The topological polar surface area (TPSA) is 206 Å². The molecule has 40 heavy (non-hydrogen) atoms. The maximum atomic E-state index is 13.7. The van der Waals surface area contributed by atoms with E-state index < -0.39 is 50.2 Å². The molecule has 6 atom stereocenters. The minimum atomic E-state index is -4.23. The summed E-state index contributed by atoms with van der Waals surface area (Å²) in [6, 6.07) is 9.22. The van der Waals surface area contributed by atoms with Gasteiger partial charge in [-0.1, -0.05) is 18.2 Å². The number of esters is 1. The summed E-state index contributed by atoms with van der Waals surface area (Å²) in [7, 11) is -3.05. The van der Waals surface area contributed by atoms with E-state index in [9.17, 15) is 19.7 Å². The molecule has 1 unspecified atom stereocenters. The van der Waals surface area contributed by atoms with Crippen molar-refractivity contribution in [2.75, 3.05) is 26.1 Å². The Morgan fingerprint density at radius 3 is 2.75 bits per heavy atom. The van der Waals surface area contributed by atoms with Crippen LogP contribution in [0.4, 0.5) is 5.95 Å². The van der Waals surface area contributed by atoms with Crippen LogP contribution in [0, 0.1) is 16.7 Å². The first kappa shape index (κ1) is 29.2. The van der Waals surface area contributed by atoms with E-state index in [2.05, 4.69) is 26.1 Å². The predicted octanol–water partition coefficient (Wildman–Crippen LogP) is 1.95. The molecule has 4 rings (SSSR count). The fourth-order valence-electron chi connectivity index (χ4n) is 4.18. The van der Waals surface area contributed by atoms with Crippen LogP contribution in [0.25, 0.3) is 11.2 Å². The largest absolute Gasteiger partial charge is 0.476 e. The smallest absolute Gasteiger partial charge is 0.459 e. The number of fused-ring (bicyclic) bond motifs is 1. The van der Waals surface area contributed by atoms with E-state index in [4.69, 9.17) is 29.0 Å². The van der Waals surface area contributed by atoms with Gasteiger partial charge in [0.2, 0.25) is 11.8 Å². The summed E-state index contributed by atoms with van der Waals surface area (Å²) in [5.41, 5.74) is 4.85. The second-order valence-corrected chi connectivity index (χ2v) is 10.8. The van der Waals surface area contributed by atoms with Crippen molar-refractivity contribution in [1.82, 2.24) is 24.6 Å². The predicted molar refractivity (Wildman–Crippen MR) is 140 cm³/mol. The number of benzene rings is 1. The third-order valence-corrected chi connectivity index (χ3v) is 7.89. The number of hydrogen-bond acceptors (Lipinski definition) is 13. The molecular weight excluding hydrogens is 545 g/mol. The minimum absolute atomic E-state index is 0.0837. The summed E-state index contributed by atoms with van der Waals surface area (Å²) in [6.07, 6.45) is -2.29. The molecule has 3 aromatic rings. The second kappa shape index (κ2) is 11.7. The zero-order chi connectivity index (χ0) is 29.1. The SMILES string of the molecule is CCOc1nc(N)nc2c1ncn2[C@@H]1O[C@H](COP(=O)(N[C@@H](C)C(=O)OC)Oc2ccccc2)[C@@H](O)[C@@]1(C)C#N. The van der Waals surface area contributed by atoms with Crippen LogP contribution in [0.5, 0.6) is 11.6 Å². The molecule has 214 valence electrons. The molecule has 0 spiro atoms. The summed E-state index contributed by atoms with van der Waals surface area (Å²) in [5.74, 6) is -0.421. The van der Waals surface area contributed by atoms with Crippen molar-refractivity contribution >= 4 is 30.8 Å². The number of carbonyl (C=O) groups excluding carboxylic acids is 1. The van der Waals surface area contributed by atoms with Crippen molar-refractivity contribution in [2.45, 2.75) is 45.2 Å². The number of carbonyl (C=O) groups is 1. The van der Waals surface area contributed by atoms with Gasteiger partial charge in [0.05, 0.1) is 32.7 Å². The van der Waals surface area contributed by atoms with Crippen LogP contribution < -0.4 is 20.1 Å². The highest BCUT2D eigenvalue weighted by molar-refractivity contribution is 7.52. The monoisotopic (exact) mass is 575 g/mol. The third kappa shape index (κ3) is 5.72. The number of aliphatic hydroxyl groups is 1. The van der Waals surface area contributed by atoms with E-state index in [0.29, 0.717) is 6.61 Å². The van der Waals surface area contributed by atoms with Crippen molar-refractivity contribution in [3.05, 3.63) is 36.7 Å². The molecule has 3 heterocycles. The maximum absolute atomic E-state index is 13.7. The normalized spacial score (nSPS) is 24.6. The van der Waals surface area contributed by atoms with Crippen LogP contribution in [0.1, 0.15) is 27.0 Å². The Bertz CT molecular complexity index is 1450. The van der Waals surface area contributed by atoms with Crippen LogP contribution >= 0.6 is 7.75 Å². The van der Waals surface area contributed by atoms with Gasteiger partial charge < -0.3 is 29.6 Å². The molecule has 4 N–H and O–H groups in total. The summed E-state index contributed by atoms with van der Waals surface area (Å²) in [5, 5.41) is 23.8. The molecule has 0 aliphatic carbocycles. The molecule has 0 radical (unpaired) electrons. The highest BCUT2D eigenvalue weighted by Crippen LogP contribution is 2.49. The Morgan fingerprint density at radius 1 is 1.38 bits per heavy atom. The van der Waals surface area contributed by atoms with Gasteiger partial charge >= 0.3 is 13.7 Å². The van der Waals surface area contributed by atoms with Gasteiger partial charge in [0.1, 0.15) is 29.4 Å². The van der Waals surface area contributed by atoms with Gasteiger partial charge in [-0.05, 0) is 32.9 Å². The van der Waals surface area contributed by atoms with Crippen LogP contribution in [-0.2, 0) is 23.4 Å². The number of nitrogens with zero attached hydrogens (tertiary/aromatic N) is 5. The van der Waals surface area contributed by atoms with E-state index in [1.54, 1.807) is 37.3 Å². The molecule has 1 fully saturated rings. The van der Waals surface area contributed by atoms with Gasteiger partial charge in [-0.25, -0.2) is 9.55 Å². The standard InChI is InChI=1S/C24H30N7O8P/c1-5-36-20-17-19(28-23(26)29-20)31(13-27-17)22-24(3,12-25)18(32)16(38-22)11-37-40(34,30-14(2)21(33)35-4)39-15-9-7-6-8-10-15/h6-10,13-14,16,18,22,32H,5,11H2,1-4H3,(H,30,34)(H2,26,28,29)/t14-,16+,18+,22+,24+,40?/m0/s1. The van der Waals surface area contributed by atoms with Gasteiger partial charge in [0.15, 0.2) is 17.4 Å². The fourth-order valence-corrected chi connectivity index (χ4v) is 5.69. The molecule has 16 heteroatoms. The van der Waals surface area contributed by atoms with E-state index in [1.807, 2.05) is 0 Å². The molecule has 0 amide bonds. The molecule has 1 saturated heterocycles. The number of nitrogens with one attached hydrogen (secondary N) is 1. The van der Waals surface area contributed by atoms with Crippen LogP contribution in [-0.4, -0.2) is 69.2 Å². The van der Waals surface area contributed by atoms with Crippen LogP contribution in [0.2, 0.25) is 0 Å². The molecule has 1 aromatic carbocycles. The molecular formula is C24H30N7O8P. The lowest BCUT2D eigenvalue weighted by Gasteiger charge is -2.26. The van der Waals surface area contributed by atoms with Crippen LogP contribution in [0.3, 0.4) is 0 Å². The number of nitrogens with two attached hydrogens (primary N) is 1. The van der Waals surface area contributed by atoms with Crippen molar-refractivity contribution in [2.24, 2.45) is 5.41 Å². The Morgan fingerprint density at radius 2 is 2.10 bits per heavy atom. The van der Waals surface area contributed by atoms with Gasteiger partial charge in [-0.15, -0.1) is 0 Å². The quantitative estimate of drug-likeness (QED) is 0.221. The second-order valence-electron chi connectivity index (χ2n) is 9.08. The number of aliphatic hydroxyl groups excluding tert-OH is 1. The summed E-state index contributed by atoms with van der Waals surface area (Å²) in [4.78, 5) is 24.6. The van der Waals surface area contributed by atoms with Crippen molar-refractivity contribution < 1.29 is 37.7 Å². The van der Waals surface area contributed by atoms with E-state index >= 15 is 0 Å². The highest BCUT2D eigenvalue weighted by atomic mass is 31.2. The third-order valence-electron chi connectivity index (χ3n) is 6.25. The Balaban J connectivity index is 1.61. The molecule has 15 nitrogen and oxygen atoms in total. The van der Waals surface area contributed by atoms with Gasteiger partial charge in [-0.3, -0.25) is 13.9 Å². The summed E-state index contributed by atoms with van der Waals surface area (Å²) in [6.45, 7) is 4.53. The number of ether oxygens (including phenoxy) is 3. The van der Waals surface area contributed by atoms with Crippen molar-refractivity contribution in [1.29, 1.82) is 5.26 Å². The lowest BCUT2D eigenvalue weighted by atomic mass is 9.84. The average molecular weight is 576 g/mol. The Hall–Kier alpha value is -3.80. The molecule has 1 aliphatic heterocycles. The first-order valence-corrected chi connectivity index (χ1v) is 13.8. The first-order valence-electron chi connectivity index (χ1n) is 12.3. The number of imidazole rings is 1. The summed E-state index contributed by atoms with van der Waals surface area (Å²) < 4.78 is 42.7. The van der Waals surface area contributed by atoms with E-state index in [1.165, 1.54) is 31.9 Å². The highest BCUT2D eigenvalue weighted by Gasteiger charge is 2.55. The number of nitrogen functional groups attached to an aromatic ring is 1. The molecule has 0 bridgehead atoms. The first-order chi connectivity index (χ1) is 19.0. The van der Waals surface area contributed by atoms with Gasteiger partial charge in [0, 0.05) is 0 Å². The lowest BCUT2D eigenvalue weighted by molar-refractivity contribution is -0.142. The van der Waals surface area contributed by atoms with E-state index in [-0.39, 0.29) is 28.7 Å². The Labute approximate surface area is 229 Å². The number of anilines is 1. The zero-order valence-corrected chi connectivity index (χ0v) is 23.1. The number of hydrogen-bond donors (Lipinski definition) is 3. The number of methoxy groups -OCH3 is 1. The number of para-hydroxylation sites is 1.